The summed E-state index contributed by atoms with van der Waals surface area (Å²) < 4.78 is 0. The first-order valence-corrected chi connectivity index (χ1v) is 5.12. The molecule has 0 aliphatic rings. The fourth-order valence-corrected chi connectivity index (χ4v) is 1.81. The number of benzene rings is 1. The van der Waals surface area contributed by atoms with Gasteiger partial charge in [0.1, 0.15) is 5.65 Å². The number of aromatic nitrogens is 2. The highest BCUT2D eigenvalue weighted by atomic mass is 35.5. The van der Waals surface area contributed by atoms with E-state index in [2.05, 4.69) is 28.2 Å². The normalized spacial score (nSPS) is 10.1. The van der Waals surface area contributed by atoms with Gasteiger partial charge in [0.15, 0.2) is 0 Å². The van der Waals surface area contributed by atoms with E-state index in [1.807, 2.05) is 24.4 Å². The number of nitrogens with two attached hydrogens (primary N) is 1. The summed E-state index contributed by atoms with van der Waals surface area (Å²) >= 11 is 0. The number of nitrogen functional groups attached to an aromatic ring is 1. The number of nitrogens with one attached hydrogen (secondary N) is 1. The summed E-state index contributed by atoms with van der Waals surface area (Å²) in [5.41, 5.74) is 9.65. The molecule has 2 aromatic heterocycles. The van der Waals surface area contributed by atoms with Crippen LogP contribution >= 0.6 is 12.4 Å². The summed E-state index contributed by atoms with van der Waals surface area (Å²) in [6.45, 7) is 0. The minimum atomic E-state index is 0. The van der Waals surface area contributed by atoms with Crippen molar-refractivity contribution >= 4 is 29.1 Å². The molecule has 0 aliphatic heterocycles. The zero-order valence-corrected chi connectivity index (χ0v) is 9.87. The molecular formula is C13H12ClN3. The predicted molar refractivity (Wildman–Crippen MR) is 73.2 cm³/mol. The van der Waals surface area contributed by atoms with E-state index >= 15 is 0 Å². The molecule has 0 amide bonds. The van der Waals surface area contributed by atoms with Crippen LogP contribution in [0.25, 0.3) is 22.2 Å². The number of hydrogen-bond acceptors (Lipinski definition) is 2. The van der Waals surface area contributed by atoms with E-state index in [1.54, 1.807) is 6.20 Å². The number of nitrogens with zero attached hydrogens (tertiary/aromatic N) is 1. The van der Waals surface area contributed by atoms with Crippen LogP contribution in [-0.2, 0) is 0 Å². The maximum Gasteiger partial charge on any atom is 0.139 e. The lowest BCUT2D eigenvalue weighted by Gasteiger charge is -2.01. The van der Waals surface area contributed by atoms with E-state index < -0.39 is 0 Å². The van der Waals surface area contributed by atoms with Crippen LogP contribution in [0.4, 0.5) is 5.69 Å². The second kappa shape index (κ2) is 4.47. The second-order valence-corrected chi connectivity index (χ2v) is 3.73. The molecule has 0 saturated carbocycles. The Bertz CT molecular complexity index is 631. The summed E-state index contributed by atoms with van der Waals surface area (Å²) in [5.74, 6) is 0. The van der Waals surface area contributed by atoms with E-state index in [9.17, 15) is 0 Å². The molecule has 1 aromatic carbocycles. The fraction of sp³-hybridized carbons (Fsp3) is 0. The number of halogens is 1. The minimum Gasteiger partial charge on any atom is -0.397 e. The molecule has 86 valence electrons. The van der Waals surface area contributed by atoms with Gasteiger partial charge in [-0.1, -0.05) is 30.3 Å². The van der Waals surface area contributed by atoms with Crippen LogP contribution in [0, 0.1) is 0 Å². The van der Waals surface area contributed by atoms with Gasteiger partial charge in [0.05, 0.1) is 5.69 Å². The van der Waals surface area contributed by atoms with Crippen molar-refractivity contribution in [2.24, 2.45) is 0 Å². The third-order valence-electron chi connectivity index (χ3n) is 2.67. The molecule has 3 N–H and O–H groups in total. The second-order valence-electron chi connectivity index (χ2n) is 3.73. The Hall–Kier alpha value is -2.00. The number of H-pyrrole nitrogens is 1. The third-order valence-corrected chi connectivity index (χ3v) is 2.67. The van der Waals surface area contributed by atoms with E-state index in [1.165, 1.54) is 0 Å². The molecule has 0 radical (unpaired) electrons. The van der Waals surface area contributed by atoms with Crippen LogP contribution in [-0.4, -0.2) is 9.97 Å². The van der Waals surface area contributed by atoms with Crippen molar-refractivity contribution in [3.05, 3.63) is 48.8 Å². The molecule has 0 unspecified atom stereocenters. The number of fused-ring (bicyclic) bond motifs is 1. The Kier molecular flexibility index (Phi) is 3.02. The van der Waals surface area contributed by atoms with Crippen LogP contribution < -0.4 is 5.73 Å². The van der Waals surface area contributed by atoms with E-state index in [4.69, 9.17) is 5.73 Å². The number of pyridine rings is 1. The first-order chi connectivity index (χ1) is 7.84. The minimum absolute atomic E-state index is 0. The summed E-state index contributed by atoms with van der Waals surface area (Å²) in [6, 6.07) is 12.2. The molecule has 0 fully saturated rings. The molecule has 2 heterocycles. The molecule has 0 atom stereocenters. The highest BCUT2D eigenvalue weighted by Crippen LogP contribution is 2.25. The van der Waals surface area contributed by atoms with E-state index in [0.29, 0.717) is 0 Å². The molecule has 0 bridgehead atoms. The highest BCUT2D eigenvalue weighted by Gasteiger charge is 2.03. The Morgan fingerprint density at radius 1 is 1.06 bits per heavy atom. The molecule has 3 rings (SSSR count). The summed E-state index contributed by atoms with van der Waals surface area (Å²) in [4.78, 5) is 7.37. The van der Waals surface area contributed by atoms with Gasteiger partial charge >= 0.3 is 0 Å². The molecule has 3 aromatic rings. The first-order valence-electron chi connectivity index (χ1n) is 5.12. The SMILES string of the molecule is Cl.Nc1c[nH]c2ncc(-c3ccccc3)cc12. The van der Waals surface area contributed by atoms with Gasteiger partial charge in [-0.15, -0.1) is 12.4 Å². The third kappa shape index (κ3) is 1.97. The smallest absolute Gasteiger partial charge is 0.139 e. The van der Waals surface area contributed by atoms with Crippen LogP contribution in [0.2, 0.25) is 0 Å². The van der Waals surface area contributed by atoms with Gasteiger partial charge < -0.3 is 10.7 Å². The number of anilines is 1. The number of hydrogen-bond donors (Lipinski definition) is 2. The zero-order valence-electron chi connectivity index (χ0n) is 9.05. The molecular weight excluding hydrogens is 234 g/mol. The molecule has 0 aliphatic carbocycles. The van der Waals surface area contributed by atoms with Crippen LogP contribution in [0.5, 0.6) is 0 Å². The van der Waals surface area contributed by atoms with E-state index in [0.717, 1.165) is 27.8 Å². The molecule has 3 nitrogen and oxygen atoms in total. The van der Waals surface area contributed by atoms with Crippen LogP contribution in [0.3, 0.4) is 0 Å². The van der Waals surface area contributed by atoms with Gasteiger partial charge in [0.2, 0.25) is 0 Å². The Morgan fingerprint density at radius 2 is 1.82 bits per heavy atom. The summed E-state index contributed by atoms with van der Waals surface area (Å²) in [6.07, 6.45) is 3.63. The van der Waals surface area contributed by atoms with Gasteiger partial charge in [0.25, 0.3) is 0 Å². The lowest BCUT2D eigenvalue weighted by Crippen LogP contribution is -1.84. The Morgan fingerprint density at radius 3 is 2.59 bits per heavy atom. The molecule has 17 heavy (non-hydrogen) atoms. The molecule has 4 heteroatoms. The van der Waals surface area contributed by atoms with E-state index in [-0.39, 0.29) is 12.4 Å². The van der Waals surface area contributed by atoms with Gasteiger partial charge in [0, 0.05) is 23.3 Å². The highest BCUT2D eigenvalue weighted by molar-refractivity contribution is 5.91. The fourth-order valence-electron chi connectivity index (χ4n) is 1.81. The predicted octanol–water partition coefficient (Wildman–Crippen LogP) is 3.23. The lowest BCUT2D eigenvalue weighted by molar-refractivity contribution is 1.33. The summed E-state index contributed by atoms with van der Waals surface area (Å²) in [7, 11) is 0. The van der Waals surface area contributed by atoms with Gasteiger partial charge in [-0.2, -0.15) is 0 Å². The monoisotopic (exact) mass is 245 g/mol. The maximum atomic E-state index is 5.85. The van der Waals surface area contributed by atoms with Gasteiger partial charge in [-0.3, -0.25) is 0 Å². The quantitative estimate of drug-likeness (QED) is 0.692. The van der Waals surface area contributed by atoms with Gasteiger partial charge in [-0.05, 0) is 11.6 Å². The maximum absolute atomic E-state index is 5.85. The van der Waals surface area contributed by atoms with Crippen molar-refractivity contribution < 1.29 is 0 Å². The van der Waals surface area contributed by atoms with Crippen LogP contribution in [0.15, 0.2) is 48.8 Å². The van der Waals surface area contributed by atoms with Gasteiger partial charge in [-0.25, -0.2) is 4.98 Å². The average Bonchev–Trinajstić information content (AvgIpc) is 2.72. The molecule has 0 saturated heterocycles. The summed E-state index contributed by atoms with van der Waals surface area (Å²) in [5, 5.41) is 0.973. The standard InChI is InChI=1S/C13H11N3.ClH/c14-12-8-16-13-11(12)6-10(7-15-13)9-4-2-1-3-5-9;/h1-8H,14H2,(H,15,16);1H. The van der Waals surface area contributed by atoms with Crippen molar-refractivity contribution in [3.8, 4) is 11.1 Å². The van der Waals surface area contributed by atoms with Crippen molar-refractivity contribution in [1.29, 1.82) is 0 Å². The van der Waals surface area contributed by atoms with Crippen molar-refractivity contribution in [3.63, 3.8) is 0 Å². The average molecular weight is 246 g/mol. The Balaban J connectivity index is 0.00000108. The van der Waals surface area contributed by atoms with Crippen LogP contribution in [0.1, 0.15) is 0 Å². The zero-order chi connectivity index (χ0) is 11.0. The van der Waals surface area contributed by atoms with Crippen molar-refractivity contribution in [2.45, 2.75) is 0 Å². The lowest BCUT2D eigenvalue weighted by atomic mass is 10.1. The number of rotatable bonds is 1. The number of aromatic amines is 1. The molecule has 0 spiro atoms. The van der Waals surface area contributed by atoms with Crippen molar-refractivity contribution in [2.75, 3.05) is 5.73 Å². The Labute approximate surface area is 105 Å². The largest absolute Gasteiger partial charge is 0.397 e. The topological polar surface area (TPSA) is 54.7 Å². The first kappa shape index (κ1) is 11.5. The van der Waals surface area contributed by atoms with Crippen molar-refractivity contribution in [1.82, 2.24) is 9.97 Å².